The summed E-state index contributed by atoms with van der Waals surface area (Å²) in [5, 5.41) is 17.0. The zero-order valence-electron chi connectivity index (χ0n) is 18.7. The van der Waals surface area contributed by atoms with Crippen molar-refractivity contribution in [2.45, 2.75) is 0 Å². The molecular formula is C25H16N4O6S. The summed E-state index contributed by atoms with van der Waals surface area (Å²) in [5.41, 5.74) is 0.884. The van der Waals surface area contributed by atoms with Gasteiger partial charge in [-0.3, -0.25) is 19.7 Å². The Balaban J connectivity index is 1.58. The highest BCUT2D eigenvalue weighted by molar-refractivity contribution is 7.22. The van der Waals surface area contributed by atoms with Crippen LogP contribution in [0.25, 0.3) is 21.2 Å². The Labute approximate surface area is 206 Å². The van der Waals surface area contributed by atoms with Gasteiger partial charge in [0.05, 0.1) is 39.4 Å². The molecule has 11 heteroatoms. The lowest BCUT2D eigenvalue weighted by Gasteiger charge is -2.13. The number of methoxy groups -OCH3 is 1. The van der Waals surface area contributed by atoms with Gasteiger partial charge >= 0.3 is 0 Å². The molecule has 0 aliphatic carbocycles. The van der Waals surface area contributed by atoms with E-state index in [4.69, 9.17) is 9.15 Å². The van der Waals surface area contributed by atoms with Crippen LogP contribution in [0, 0.1) is 10.1 Å². The summed E-state index contributed by atoms with van der Waals surface area (Å²) < 4.78 is 11.5. The predicted molar refractivity (Wildman–Crippen MR) is 136 cm³/mol. The Bertz CT molecular complexity index is 1710. The molecule has 5 rings (SSSR count). The number of nitrogens with zero attached hydrogens (tertiary/aromatic N) is 4. The molecule has 0 radical (unpaired) electrons. The number of nitro groups is 1. The van der Waals surface area contributed by atoms with Crippen molar-refractivity contribution in [3.63, 3.8) is 0 Å². The van der Waals surface area contributed by atoms with E-state index in [1.807, 2.05) is 0 Å². The molecule has 0 fully saturated rings. The van der Waals surface area contributed by atoms with Crippen LogP contribution in [0.1, 0.15) is 15.9 Å². The zero-order chi connectivity index (χ0) is 25.2. The fourth-order valence-corrected chi connectivity index (χ4v) is 4.40. The Morgan fingerprint density at radius 1 is 1.17 bits per heavy atom. The van der Waals surface area contributed by atoms with Crippen LogP contribution in [0.4, 0.5) is 10.8 Å². The lowest BCUT2D eigenvalue weighted by Crippen LogP contribution is -2.26. The monoisotopic (exact) mass is 500 g/mol. The number of benzene rings is 3. The molecule has 10 nitrogen and oxygen atoms in total. The first-order valence-electron chi connectivity index (χ1n) is 10.5. The summed E-state index contributed by atoms with van der Waals surface area (Å²) in [4.78, 5) is 41.3. The molecule has 0 saturated heterocycles. The van der Waals surface area contributed by atoms with Crippen LogP contribution >= 0.6 is 11.3 Å². The average Bonchev–Trinajstić information content (AvgIpc) is 3.33. The number of anilines is 1. The predicted octanol–water partition coefficient (Wildman–Crippen LogP) is 5.00. The maximum absolute atomic E-state index is 13.4. The lowest BCUT2D eigenvalue weighted by molar-refractivity contribution is -0.384. The van der Waals surface area contributed by atoms with Gasteiger partial charge in [-0.15, -0.1) is 0 Å². The number of para-hydroxylation sites is 1. The third kappa shape index (κ3) is 4.30. The molecule has 36 heavy (non-hydrogen) atoms. The fourth-order valence-electron chi connectivity index (χ4n) is 3.45. The summed E-state index contributed by atoms with van der Waals surface area (Å²) in [6, 6.07) is 17.2. The van der Waals surface area contributed by atoms with Crippen LogP contribution in [0.2, 0.25) is 0 Å². The van der Waals surface area contributed by atoms with Gasteiger partial charge in [-0.25, -0.2) is 4.98 Å². The van der Waals surface area contributed by atoms with Crippen molar-refractivity contribution in [3.05, 3.63) is 104 Å². The van der Waals surface area contributed by atoms with Gasteiger partial charge < -0.3 is 9.15 Å². The van der Waals surface area contributed by atoms with Crippen LogP contribution in [0.3, 0.4) is 0 Å². The first kappa shape index (κ1) is 22.9. The zero-order valence-corrected chi connectivity index (χ0v) is 19.5. The van der Waals surface area contributed by atoms with Crippen molar-refractivity contribution in [3.8, 4) is 5.75 Å². The van der Waals surface area contributed by atoms with Crippen LogP contribution in [0.5, 0.6) is 5.75 Å². The van der Waals surface area contributed by atoms with E-state index >= 15 is 0 Å². The molecule has 0 N–H and O–H groups in total. The summed E-state index contributed by atoms with van der Waals surface area (Å²) >= 11 is 1.20. The van der Waals surface area contributed by atoms with Gasteiger partial charge in [0, 0.05) is 17.7 Å². The third-order valence-electron chi connectivity index (χ3n) is 5.30. The molecule has 0 atom stereocenters. The Morgan fingerprint density at radius 2 is 1.94 bits per heavy atom. The number of non-ortho nitro benzene ring substituents is 1. The van der Waals surface area contributed by atoms with Gasteiger partial charge in [0.2, 0.25) is 10.6 Å². The van der Waals surface area contributed by atoms with Crippen molar-refractivity contribution in [1.29, 1.82) is 0 Å². The maximum atomic E-state index is 13.4. The van der Waals surface area contributed by atoms with E-state index in [1.165, 1.54) is 48.1 Å². The molecule has 5 aromatic rings. The van der Waals surface area contributed by atoms with Crippen LogP contribution in [-0.4, -0.2) is 29.1 Å². The van der Waals surface area contributed by atoms with Gasteiger partial charge in [-0.2, -0.15) is 10.1 Å². The van der Waals surface area contributed by atoms with E-state index in [2.05, 4.69) is 10.1 Å². The van der Waals surface area contributed by atoms with Crippen LogP contribution in [0.15, 0.2) is 87.3 Å². The van der Waals surface area contributed by atoms with Crippen LogP contribution in [-0.2, 0) is 0 Å². The minimum absolute atomic E-state index is 0.137. The number of thiazole rings is 1. The summed E-state index contributed by atoms with van der Waals surface area (Å²) in [5.74, 6) is 0.0422. The number of aromatic nitrogens is 1. The normalized spacial score (nSPS) is 11.2. The van der Waals surface area contributed by atoms with Gasteiger partial charge in [0.25, 0.3) is 11.6 Å². The molecule has 0 saturated carbocycles. The number of carbonyl (C=O) groups is 1. The largest absolute Gasteiger partial charge is 0.497 e. The lowest BCUT2D eigenvalue weighted by atomic mass is 10.2. The molecular weight excluding hydrogens is 484 g/mol. The minimum Gasteiger partial charge on any atom is -0.497 e. The summed E-state index contributed by atoms with van der Waals surface area (Å²) in [6.07, 6.45) is 2.50. The highest BCUT2D eigenvalue weighted by atomic mass is 32.1. The fraction of sp³-hybridized carbons (Fsp3) is 0.0400. The molecule has 0 unspecified atom stereocenters. The number of rotatable bonds is 6. The van der Waals surface area contributed by atoms with Crippen LogP contribution < -0.4 is 15.2 Å². The maximum Gasteiger partial charge on any atom is 0.280 e. The number of hydrogen-bond acceptors (Lipinski definition) is 9. The molecule has 0 spiro atoms. The summed E-state index contributed by atoms with van der Waals surface area (Å²) in [6.45, 7) is 0. The molecule has 3 aromatic carbocycles. The first-order chi connectivity index (χ1) is 17.4. The minimum atomic E-state index is -0.586. The number of fused-ring (bicyclic) bond motifs is 2. The molecule has 0 aliphatic rings. The molecule has 2 heterocycles. The number of nitro benzene ring substituents is 1. The van der Waals surface area contributed by atoms with E-state index in [-0.39, 0.29) is 27.4 Å². The van der Waals surface area contributed by atoms with Crippen molar-refractivity contribution in [2.24, 2.45) is 5.10 Å². The third-order valence-corrected chi connectivity index (χ3v) is 6.30. The van der Waals surface area contributed by atoms with E-state index < -0.39 is 10.8 Å². The van der Waals surface area contributed by atoms with Gasteiger partial charge in [0.1, 0.15) is 17.6 Å². The Hall–Kier alpha value is -4.90. The molecule has 1 amide bonds. The van der Waals surface area contributed by atoms with E-state index in [1.54, 1.807) is 49.6 Å². The Morgan fingerprint density at radius 3 is 2.69 bits per heavy atom. The number of amides is 1. The average molecular weight is 500 g/mol. The quantitative estimate of drug-likeness (QED) is 0.182. The van der Waals surface area contributed by atoms with E-state index in [9.17, 15) is 19.7 Å². The smallest absolute Gasteiger partial charge is 0.280 e. The van der Waals surface area contributed by atoms with Crippen molar-refractivity contribution >= 4 is 55.5 Å². The Kier molecular flexibility index (Phi) is 5.97. The van der Waals surface area contributed by atoms with Crippen molar-refractivity contribution < 1.29 is 18.9 Å². The van der Waals surface area contributed by atoms with Gasteiger partial charge in [-0.05, 0) is 42.5 Å². The molecule has 0 bridgehead atoms. The molecule has 2 aromatic heterocycles. The first-order valence-corrected chi connectivity index (χ1v) is 11.3. The summed E-state index contributed by atoms with van der Waals surface area (Å²) in [7, 11) is 1.55. The number of hydrazone groups is 1. The van der Waals surface area contributed by atoms with Gasteiger partial charge in [-0.1, -0.05) is 23.5 Å². The standard InChI is InChI=1S/C25H16N4O6S/c1-34-18-10-11-20-22(12-18)36-25(27-20)28(24(31)15-6-8-17(9-7-15)29(32)33)26-13-16-14-35-21-5-3-2-4-19(21)23(16)30/h2-14H,1H3/b26-13+. The van der Waals surface area contributed by atoms with E-state index in [0.29, 0.717) is 22.2 Å². The second kappa shape index (κ2) is 9.39. The highest BCUT2D eigenvalue weighted by Crippen LogP contribution is 2.32. The second-order valence-electron chi connectivity index (χ2n) is 7.51. The van der Waals surface area contributed by atoms with Crippen molar-refractivity contribution in [2.75, 3.05) is 12.1 Å². The topological polar surface area (TPSA) is 128 Å². The van der Waals surface area contributed by atoms with Gasteiger partial charge in [0.15, 0.2) is 0 Å². The van der Waals surface area contributed by atoms with E-state index in [0.717, 1.165) is 9.71 Å². The SMILES string of the molecule is COc1ccc2nc(N(/N=C/c3coc4ccccc4c3=O)C(=O)c3ccc([N+](=O)[O-])cc3)sc2c1. The van der Waals surface area contributed by atoms with Crippen molar-refractivity contribution in [1.82, 2.24) is 4.98 Å². The number of hydrogen-bond donors (Lipinski definition) is 0. The second-order valence-corrected chi connectivity index (χ2v) is 8.52. The molecule has 178 valence electrons. The highest BCUT2D eigenvalue weighted by Gasteiger charge is 2.22. The number of ether oxygens (including phenoxy) is 1. The number of carbonyl (C=O) groups excluding carboxylic acids is 1. The molecule has 0 aliphatic heterocycles.